The molecule has 20 heavy (non-hydrogen) atoms. The third-order valence-electron chi connectivity index (χ3n) is 3.01. The van der Waals surface area contributed by atoms with Gasteiger partial charge in [0.15, 0.2) is 0 Å². The number of methoxy groups -OCH3 is 1. The predicted molar refractivity (Wildman–Crippen MR) is 72.5 cm³/mol. The Hall–Kier alpha value is -2.30. The van der Waals surface area contributed by atoms with Crippen molar-refractivity contribution in [3.05, 3.63) is 46.8 Å². The molecule has 0 atom stereocenters. The molecule has 0 aliphatic heterocycles. The topological polar surface area (TPSA) is 61.6 Å². The summed E-state index contributed by atoms with van der Waals surface area (Å²) in [7, 11) is 1.35. The van der Waals surface area contributed by atoms with E-state index in [0.29, 0.717) is 11.5 Å². The van der Waals surface area contributed by atoms with E-state index in [4.69, 9.17) is 9.26 Å². The van der Waals surface area contributed by atoms with Crippen molar-refractivity contribution in [1.29, 1.82) is 0 Å². The molecule has 5 heteroatoms. The van der Waals surface area contributed by atoms with Gasteiger partial charge in [-0.2, -0.15) is 0 Å². The normalized spacial score (nSPS) is 10.3. The van der Waals surface area contributed by atoms with Gasteiger partial charge in [-0.3, -0.25) is 4.79 Å². The molecule has 0 fully saturated rings. The van der Waals surface area contributed by atoms with Crippen LogP contribution in [0.25, 0.3) is 0 Å². The fourth-order valence-corrected chi connectivity index (χ4v) is 1.78. The highest BCUT2D eigenvalue weighted by molar-refractivity contribution is 5.72. The molecule has 0 amide bonds. The van der Waals surface area contributed by atoms with Crippen molar-refractivity contribution in [2.75, 3.05) is 7.11 Å². The number of rotatable bonds is 5. The van der Waals surface area contributed by atoms with Crippen LogP contribution in [0, 0.1) is 13.8 Å². The summed E-state index contributed by atoms with van der Waals surface area (Å²) in [6, 6.07) is 7.72. The molecule has 2 aromatic rings. The first kappa shape index (κ1) is 14.1. The summed E-state index contributed by atoms with van der Waals surface area (Å²) in [5.74, 6) is 1.03. The second-order valence-electron chi connectivity index (χ2n) is 4.52. The Morgan fingerprint density at radius 2 is 1.95 bits per heavy atom. The summed E-state index contributed by atoms with van der Waals surface area (Å²) < 4.78 is 15.4. The average molecular weight is 275 g/mol. The third kappa shape index (κ3) is 3.38. The number of hydrogen-bond acceptors (Lipinski definition) is 5. The van der Waals surface area contributed by atoms with E-state index in [1.807, 2.05) is 31.2 Å². The zero-order valence-electron chi connectivity index (χ0n) is 11.8. The minimum absolute atomic E-state index is 0.137. The van der Waals surface area contributed by atoms with Gasteiger partial charge in [-0.15, -0.1) is 0 Å². The quantitative estimate of drug-likeness (QED) is 0.785. The lowest BCUT2D eigenvalue weighted by Crippen LogP contribution is -2.08. The average Bonchev–Trinajstić information content (AvgIpc) is 2.79. The van der Waals surface area contributed by atoms with E-state index in [1.165, 1.54) is 12.7 Å². The molecular formula is C15H17NO4. The fourth-order valence-electron chi connectivity index (χ4n) is 1.78. The molecule has 1 heterocycles. The number of aromatic nitrogens is 1. The van der Waals surface area contributed by atoms with Crippen LogP contribution < -0.4 is 4.74 Å². The standard InChI is InChI=1S/C15H17NO4/c1-10-4-6-12(7-5-10)19-9-14-13(8-15(17)18-3)11(2)20-16-14/h4-7H,8-9H2,1-3H3. The van der Waals surface area contributed by atoms with E-state index in [0.717, 1.165) is 11.3 Å². The summed E-state index contributed by atoms with van der Waals surface area (Å²) in [6.45, 7) is 4.03. The minimum Gasteiger partial charge on any atom is -0.487 e. The van der Waals surface area contributed by atoms with Crippen molar-refractivity contribution < 1.29 is 18.8 Å². The molecule has 0 spiro atoms. The van der Waals surface area contributed by atoms with Gasteiger partial charge in [0.2, 0.25) is 0 Å². The van der Waals surface area contributed by atoms with Gasteiger partial charge in [0.25, 0.3) is 0 Å². The zero-order valence-corrected chi connectivity index (χ0v) is 11.8. The highest BCUT2D eigenvalue weighted by Gasteiger charge is 2.17. The summed E-state index contributed by atoms with van der Waals surface area (Å²) in [5.41, 5.74) is 2.51. The third-order valence-corrected chi connectivity index (χ3v) is 3.01. The highest BCUT2D eigenvalue weighted by Crippen LogP contribution is 2.18. The van der Waals surface area contributed by atoms with E-state index in [2.05, 4.69) is 9.89 Å². The van der Waals surface area contributed by atoms with E-state index < -0.39 is 0 Å². The van der Waals surface area contributed by atoms with Gasteiger partial charge < -0.3 is 14.0 Å². The number of carbonyl (C=O) groups is 1. The second kappa shape index (κ2) is 6.23. The van der Waals surface area contributed by atoms with Crippen LogP contribution in [0.1, 0.15) is 22.6 Å². The predicted octanol–water partition coefficient (Wildman–Crippen LogP) is 2.59. The molecular weight excluding hydrogens is 258 g/mol. The lowest BCUT2D eigenvalue weighted by Gasteiger charge is -2.06. The maximum absolute atomic E-state index is 11.4. The molecule has 0 aliphatic carbocycles. The van der Waals surface area contributed by atoms with Gasteiger partial charge in [-0.1, -0.05) is 22.9 Å². The summed E-state index contributed by atoms with van der Waals surface area (Å²) in [5, 5.41) is 3.93. The van der Waals surface area contributed by atoms with Gasteiger partial charge in [0, 0.05) is 5.56 Å². The first-order valence-corrected chi connectivity index (χ1v) is 6.30. The number of ether oxygens (including phenoxy) is 2. The lowest BCUT2D eigenvalue weighted by atomic mass is 10.1. The minimum atomic E-state index is -0.326. The van der Waals surface area contributed by atoms with Crippen LogP contribution in [0.5, 0.6) is 5.75 Å². The molecule has 106 valence electrons. The van der Waals surface area contributed by atoms with Gasteiger partial charge in [0.05, 0.1) is 13.5 Å². The van der Waals surface area contributed by atoms with Crippen molar-refractivity contribution >= 4 is 5.97 Å². The molecule has 0 radical (unpaired) electrons. The Morgan fingerprint density at radius 3 is 2.60 bits per heavy atom. The first-order chi connectivity index (χ1) is 9.60. The summed E-state index contributed by atoms with van der Waals surface area (Å²) in [6.07, 6.45) is 0.137. The number of hydrogen-bond donors (Lipinski definition) is 0. The maximum Gasteiger partial charge on any atom is 0.310 e. The number of esters is 1. The van der Waals surface area contributed by atoms with Crippen LogP contribution in [0.3, 0.4) is 0 Å². The van der Waals surface area contributed by atoms with Crippen molar-refractivity contribution in [3.63, 3.8) is 0 Å². The molecule has 0 N–H and O–H groups in total. The van der Waals surface area contributed by atoms with Crippen LogP contribution in [-0.4, -0.2) is 18.2 Å². The van der Waals surface area contributed by atoms with Gasteiger partial charge in [-0.25, -0.2) is 0 Å². The Kier molecular flexibility index (Phi) is 4.40. The van der Waals surface area contributed by atoms with E-state index in [1.54, 1.807) is 6.92 Å². The van der Waals surface area contributed by atoms with Crippen molar-refractivity contribution in [1.82, 2.24) is 5.16 Å². The number of nitrogens with zero attached hydrogens (tertiary/aromatic N) is 1. The SMILES string of the molecule is COC(=O)Cc1c(COc2ccc(C)cc2)noc1C. The molecule has 0 bridgehead atoms. The van der Waals surface area contributed by atoms with E-state index in [-0.39, 0.29) is 19.0 Å². The smallest absolute Gasteiger partial charge is 0.310 e. The van der Waals surface area contributed by atoms with Gasteiger partial charge >= 0.3 is 5.97 Å². The molecule has 0 saturated carbocycles. The van der Waals surface area contributed by atoms with Crippen LogP contribution in [0.4, 0.5) is 0 Å². The molecule has 0 aliphatic rings. The van der Waals surface area contributed by atoms with E-state index >= 15 is 0 Å². The maximum atomic E-state index is 11.4. The molecule has 0 saturated heterocycles. The van der Waals surface area contributed by atoms with E-state index in [9.17, 15) is 4.79 Å². The first-order valence-electron chi connectivity index (χ1n) is 6.30. The molecule has 5 nitrogen and oxygen atoms in total. The van der Waals surface area contributed by atoms with Crippen molar-refractivity contribution in [3.8, 4) is 5.75 Å². The Labute approximate surface area is 117 Å². The van der Waals surface area contributed by atoms with Gasteiger partial charge in [0.1, 0.15) is 23.8 Å². The van der Waals surface area contributed by atoms with Crippen molar-refractivity contribution in [2.24, 2.45) is 0 Å². The lowest BCUT2D eigenvalue weighted by molar-refractivity contribution is -0.139. The molecule has 0 unspecified atom stereocenters. The van der Waals surface area contributed by atoms with Crippen LogP contribution in [-0.2, 0) is 22.6 Å². The number of benzene rings is 1. The highest BCUT2D eigenvalue weighted by atomic mass is 16.5. The fraction of sp³-hybridized carbons (Fsp3) is 0.333. The number of carbonyl (C=O) groups excluding carboxylic acids is 1. The van der Waals surface area contributed by atoms with Crippen LogP contribution >= 0.6 is 0 Å². The molecule has 2 rings (SSSR count). The Morgan fingerprint density at radius 1 is 1.25 bits per heavy atom. The van der Waals surface area contributed by atoms with Gasteiger partial charge in [-0.05, 0) is 26.0 Å². The Bertz CT molecular complexity index is 586. The van der Waals surface area contributed by atoms with Crippen molar-refractivity contribution in [2.45, 2.75) is 26.9 Å². The second-order valence-corrected chi connectivity index (χ2v) is 4.52. The zero-order chi connectivity index (χ0) is 14.5. The Balaban J connectivity index is 2.06. The number of aryl methyl sites for hydroxylation is 2. The van der Waals surface area contributed by atoms with Crippen LogP contribution in [0.15, 0.2) is 28.8 Å². The monoisotopic (exact) mass is 275 g/mol. The largest absolute Gasteiger partial charge is 0.487 e. The summed E-state index contributed by atoms with van der Waals surface area (Å²) >= 11 is 0. The molecule has 1 aromatic heterocycles. The molecule has 1 aromatic carbocycles. The van der Waals surface area contributed by atoms with Crippen LogP contribution in [0.2, 0.25) is 0 Å². The summed E-state index contributed by atoms with van der Waals surface area (Å²) in [4.78, 5) is 11.4.